The minimum absolute atomic E-state index is 0.0236. The molecule has 0 saturated carbocycles. The Kier molecular flexibility index (Phi) is 5.83. The number of rotatable bonds is 7. The van der Waals surface area contributed by atoms with Crippen LogP contribution in [0.3, 0.4) is 0 Å². The zero-order valence-electron chi connectivity index (χ0n) is 14.7. The second-order valence-corrected chi connectivity index (χ2v) is 6.81. The lowest BCUT2D eigenvalue weighted by molar-refractivity contribution is -0.128. The van der Waals surface area contributed by atoms with Crippen molar-refractivity contribution in [3.63, 3.8) is 0 Å². The Labute approximate surface area is 142 Å². The predicted octanol–water partition coefficient (Wildman–Crippen LogP) is 2.01. The summed E-state index contributed by atoms with van der Waals surface area (Å²) in [7, 11) is 0. The molecule has 1 aliphatic rings. The van der Waals surface area contributed by atoms with Gasteiger partial charge in [-0.05, 0) is 37.8 Å². The number of carbonyl (C=O) groups excluding carboxylic acids is 2. The van der Waals surface area contributed by atoms with Crippen LogP contribution in [0.1, 0.15) is 31.4 Å². The third kappa shape index (κ3) is 4.47. The van der Waals surface area contributed by atoms with E-state index in [1.807, 2.05) is 45.9 Å². The maximum atomic E-state index is 12.2. The highest BCUT2D eigenvalue weighted by Gasteiger charge is 2.38. The van der Waals surface area contributed by atoms with Gasteiger partial charge in [-0.15, -0.1) is 0 Å². The van der Waals surface area contributed by atoms with Crippen molar-refractivity contribution >= 4 is 11.9 Å². The number of carbonyl (C=O) groups is 2. The van der Waals surface area contributed by atoms with Gasteiger partial charge in [-0.2, -0.15) is 0 Å². The van der Waals surface area contributed by atoms with E-state index in [-0.39, 0.29) is 19.1 Å². The number of aliphatic hydroxyl groups is 1. The molecule has 0 bridgehead atoms. The number of nitrogens with one attached hydrogen (secondary N) is 1. The van der Waals surface area contributed by atoms with E-state index in [1.54, 1.807) is 0 Å². The van der Waals surface area contributed by atoms with E-state index in [9.17, 15) is 14.7 Å². The summed E-state index contributed by atoms with van der Waals surface area (Å²) >= 11 is 0. The van der Waals surface area contributed by atoms with Gasteiger partial charge in [0.25, 0.3) is 5.91 Å². The Bertz CT molecular complexity index is 615. The average molecular weight is 334 g/mol. The van der Waals surface area contributed by atoms with Crippen LogP contribution in [0.5, 0.6) is 5.75 Å². The van der Waals surface area contributed by atoms with Gasteiger partial charge in [-0.3, -0.25) is 9.69 Å². The lowest BCUT2D eigenvalue weighted by Gasteiger charge is -2.19. The van der Waals surface area contributed by atoms with Crippen LogP contribution in [0, 0.1) is 19.8 Å². The summed E-state index contributed by atoms with van der Waals surface area (Å²) in [5.74, 6) is 0.714. The molecule has 0 aromatic heterocycles. The highest BCUT2D eigenvalue weighted by atomic mass is 16.5. The molecular formula is C18H26N2O4. The largest absolute Gasteiger partial charge is 0.491 e. The third-order valence-corrected chi connectivity index (χ3v) is 3.97. The van der Waals surface area contributed by atoms with Crippen molar-refractivity contribution in [1.29, 1.82) is 0 Å². The standard InChI is InChI=1S/C18H26N2O4/c1-11(2)7-15-17(22)20(18(23)19-15)9-14(21)10-24-16-6-5-12(3)8-13(16)4/h5-6,8,11,14-15,21H,7,9-10H2,1-4H3,(H,19,23). The van der Waals surface area contributed by atoms with Gasteiger partial charge < -0.3 is 15.2 Å². The van der Waals surface area contributed by atoms with Crippen LogP contribution in [0.25, 0.3) is 0 Å². The van der Waals surface area contributed by atoms with Gasteiger partial charge in [-0.1, -0.05) is 31.5 Å². The minimum Gasteiger partial charge on any atom is -0.491 e. The first kappa shape index (κ1) is 18.3. The summed E-state index contributed by atoms with van der Waals surface area (Å²) in [6, 6.07) is 4.84. The Morgan fingerprint density at radius 1 is 1.29 bits per heavy atom. The van der Waals surface area contributed by atoms with Crippen molar-refractivity contribution in [2.75, 3.05) is 13.2 Å². The van der Waals surface area contributed by atoms with E-state index < -0.39 is 18.2 Å². The zero-order valence-corrected chi connectivity index (χ0v) is 14.7. The molecule has 1 heterocycles. The Morgan fingerprint density at radius 3 is 2.62 bits per heavy atom. The fourth-order valence-electron chi connectivity index (χ4n) is 2.79. The normalized spacial score (nSPS) is 18.9. The highest BCUT2D eigenvalue weighted by molar-refractivity contribution is 6.04. The summed E-state index contributed by atoms with van der Waals surface area (Å²) in [4.78, 5) is 25.2. The first-order chi connectivity index (χ1) is 11.3. The SMILES string of the molecule is Cc1ccc(OCC(O)CN2C(=O)NC(CC(C)C)C2=O)c(C)c1. The number of imide groups is 1. The first-order valence-corrected chi connectivity index (χ1v) is 8.28. The monoisotopic (exact) mass is 334 g/mol. The maximum Gasteiger partial charge on any atom is 0.324 e. The molecule has 132 valence electrons. The van der Waals surface area contributed by atoms with Crippen LogP contribution in [0.4, 0.5) is 4.79 Å². The Hall–Kier alpha value is -2.08. The molecule has 6 nitrogen and oxygen atoms in total. The smallest absolute Gasteiger partial charge is 0.324 e. The molecule has 0 spiro atoms. The maximum absolute atomic E-state index is 12.2. The first-order valence-electron chi connectivity index (χ1n) is 8.28. The van der Waals surface area contributed by atoms with Crippen molar-refractivity contribution in [3.05, 3.63) is 29.3 Å². The molecule has 3 amide bonds. The van der Waals surface area contributed by atoms with E-state index in [0.29, 0.717) is 18.1 Å². The summed E-state index contributed by atoms with van der Waals surface area (Å²) in [5.41, 5.74) is 2.12. The second-order valence-electron chi connectivity index (χ2n) is 6.81. The molecule has 0 radical (unpaired) electrons. The summed E-state index contributed by atoms with van der Waals surface area (Å²) in [6.45, 7) is 7.88. The highest BCUT2D eigenvalue weighted by Crippen LogP contribution is 2.19. The summed E-state index contributed by atoms with van der Waals surface area (Å²) < 4.78 is 5.61. The van der Waals surface area contributed by atoms with E-state index in [4.69, 9.17) is 4.74 Å². The van der Waals surface area contributed by atoms with E-state index in [0.717, 1.165) is 16.0 Å². The van der Waals surface area contributed by atoms with Gasteiger partial charge in [0.05, 0.1) is 6.54 Å². The lowest BCUT2D eigenvalue weighted by Crippen LogP contribution is -2.40. The number of benzene rings is 1. The van der Waals surface area contributed by atoms with Gasteiger partial charge in [-0.25, -0.2) is 4.79 Å². The van der Waals surface area contributed by atoms with Crippen molar-refractivity contribution in [3.8, 4) is 5.75 Å². The molecule has 1 aromatic rings. The number of aliphatic hydroxyl groups excluding tert-OH is 1. The van der Waals surface area contributed by atoms with E-state index in [2.05, 4.69) is 5.32 Å². The van der Waals surface area contributed by atoms with Crippen LogP contribution >= 0.6 is 0 Å². The Balaban J connectivity index is 1.88. The number of nitrogens with zero attached hydrogens (tertiary/aromatic N) is 1. The topological polar surface area (TPSA) is 78.9 Å². The number of ether oxygens (including phenoxy) is 1. The minimum atomic E-state index is -0.932. The van der Waals surface area contributed by atoms with E-state index >= 15 is 0 Å². The number of β-amino-alcohol motifs (C(OH)–C–C–N with tert-alkyl or cyclic N) is 1. The molecule has 2 atom stereocenters. The van der Waals surface area contributed by atoms with Gasteiger partial charge in [0, 0.05) is 0 Å². The van der Waals surface area contributed by atoms with Crippen LogP contribution in [0.15, 0.2) is 18.2 Å². The molecule has 0 aliphatic carbocycles. The molecule has 1 aliphatic heterocycles. The third-order valence-electron chi connectivity index (χ3n) is 3.97. The Morgan fingerprint density at radius 2 is 2.00 bits per heavy atom. The van der Waals surface area contributed by atoms with Crippen molar-refractivity contribution in [1.82, 2.24) is 10.2 Å². The molecule has 1 fully saturated rings. The molecule has 24 heavy (non-hydrogen) atoms. The van der Waals surface area contributed by atoms with Gasteiger partial charge in [0.15, 0.2) is 0 Å². The fourth-order valence-corrected chi connectivity index (χ4v) is 2.79. The number of hydrogen-bond acceptors (Lipinski definition) is 4. The number of hydrogen-bond donors (Lipinski definition) is 2. The van der Waals surface area contributed by atoms with Gasteiger partial charge in [0.1, 0.15) is 24.5 Å². The van der Waals surface area contributed by atoms with Crippen molar-refractivity contribution < 1.29 is 19.4 Å². The molecule has 2 rings (SSSR count). The van der Waals surface area contributed by atoms with Crippen LogP contribution in [0.2, 0.25) is 0 Å². The van der Waals surface area contributed by atoms with Crippen LogP contribution in [-0.4, -0.2) is 47.2 Å². The summed E-state index contributed by atoms with van der Waals surface area (Å²) in [5, 5.41) is 12.8. The number of urea groups is 1. The molecule has 6 heteroatoms. The number of aryl methyl sites for hydroxylation is 2. The molecule has 1 saturated heterocycles. The number of amides is 3. The average Bonchev–Trinajstić information content (AvgIpc) is 2.73. The summed E-state index contributed by atoms with van der Waals surface area (Å²) in [6.07, 6.45) is -0.339. The molecule has 2 unspecified atom stereocenters. The molecule has 2 N–H and O–H groups in total. The zero-order chi connectivity index (χ0) is 17.9. The van der Waals surface area contributed by atoms with Crippen LogP contribution < -0.4 is 10.1 Å². The predicted molar refractivity (Wildman–Crippen MR) is 90.9 cm³/mol. The van der Waals surface area contributed by atoms with E-state index in [1.165, 1.54) is 0 Å². The van der Waals surface area contributed by atoms with Crippen molar-refractivity contribution in [2.24, 2.45) is 5.92 Å². The quantitative estimate of drug-likeness (QED) is 0.748. The van der Waals surface area contributed by atoms with Gasteiger partial charge >= 0.3 is 6.03 Å². The van der Waals surface area contributed by atoms with Gasteiger partial charge in [0.2, 0.25) is 0 Å². The lowest BCUT2D eigenvalue weighted by atomic mass is 10.0. The second kappa shape index (κ2) is 7.66. The fraction of sp³-hybridized carbons (Fsp3) is 0.556. The van der Waals surface area contributed by atoms with Crippen molar-refractivity contribution in [2.45, 2.75) is 46.3 Å². The molecular weight excluding hydrogens is 308 g/mol. The molecule has 1 aromatic carbocycles. The van der Waals surface area contributed by atoms with Crippen LogP contribution in [-0.2, 0) is 4.79 Å².